The van der Waals surface area contributed by atoms with Gasteiger partial charge in [0.1, 0.15) is 5.75 Å². The van der Waals surface area contributed by atoms with Crippen LogP contribution in [0.2, 0.25) is 0 Å². The number of rotatable bonds is 3. The minimum Gasteiger partial charge on any atom is -0.497 e. The first-order chi connectivity index (χ1) is 10.2. The van der Waals surface area contributed by atoms with E-state index in [4.69, 9.17) is 10.3 Å². The van der Waals surface area contributed by atoms with Crippen molar-refractivity contribution in [2.45, 2.75) is 0 Å². The van der Waals surface area contributed by atoms with Gasteiger partial charge in [0.2, 0.25) is 0 Å². The Morgan fingerprint density at radius 3 is 2.33 bits per heavy atom. The van der Waals surface area contributed by atoms with E-state index in [0.717, 1.165) is 5.56 Å². The van der Waals surface area contributed by atoms with Crippen molar-refractivity contribution in [1.29, 1.82) is 0 Å². The van der Waals surface area contributed by atoms with Gasteiger partial charge in [-0.3, -0.25) is 4.79 Å². The van der Waals surface area contributed by atoms with Crippen LogP contribution in [0, 0.1) is 11.8 Å². The summed E-state index contributed by atoms with van der Waals surface area (Å²) in [6.07, 6.45) is 0. The Balaban J connectivity index is 2.24. The van der Waals surface area contributed by atoms with Gasteiger partial charge in [0.05, 0.1) is 12.7 Å². The molecule has 4 heteroatoms. The van der Waals surface area contributed by atoms with Crippen molar-refractivity contribution in [3.63, 3.8) is 0 Å². The average molecular weight is 276 g/mol. The van der Waals surface area contributed by atoms with Gasteiger partial charge in [-0.15, -0.1) is 0 Å². The minimum absolute atomic E-state index is 0.0962. The molecule has 0 N–H and O–H groups in total. The highest BCUT2D eigenvalue weighted by Gasteiger charge is 2.20. The number of nitrogens with zero attached hydrogens (tertiary/aromatic N) is 2. The predicted octanol–water partition coefficient (Wildman–Crippen LogP) is 2.33. The second kappa shape index (κ2) is 6.85. The highest BCUT2D eigenvalue weighted by molar-refractivity contribution is 6.49. The third-order valence-corrected chi connectivity index (χ3v) is 2.77. The second-order valence-electron chi connectivity index (χ2n) is 4.12. The maximum absolute atomic E-state index is 12.0. The maximum atomic E-state index is 12.0. The number of ketones is 1. The summed E-state index contributed by atoms with van der Waals surface area (Å²) in [5, 5.41) is 0. The Bertz CT molecular complexity index is 747. The number of carbonyl (C=O) groups excluding carboxylic acids is 1. The molecule has 0 aliphatic rings. The molecule has 0 saturated heterocycles. The van der Waals surface area contributed by atoms with E-state index in [-0.39, 0.29) is 5.71 Å². The largest absolute Gasteiger partial charge is 0.497 e. The van der Waals surface area contributed by atoms with E-state index in [1.54, 1.807) is 43.5 Å². The Morgan fingerprint density at radius 2 is 1.76 bits per heavy atom. The van der Waals surface area contributed by atoms with Gasteiger partial charge in [-0.2, -0.15) is 4.79 Å². The highest BCUT2D eigenvalue weighted by atomic mass is 16.5. The predicted molar refractivity (Wildman–Crippen MR) is 79.0 cm³/mol. The number of hydrogen-bond donors (Lipinski definition) is 0. The Kier molecular flexibility index (Phi) is 4.66. The fraction of sp³-hybridized carbons (Fsp3) is 0.0588. The zero-order valence-corrected chi connectivity index (χ0v) is 11.4. The van der Waals surface area contributed by atoms with E-state index in [2.05, 4.69) is 16.6 Å². The Morgan fingerprint density at radius 1 is 1.10 bits per heavy atom. The van der Waals surface area contributed by atoms with Crippen LogP contribution in [0.5, 0.6) is 5.75 Å². The third kappa shape index (κ3) is 3.66. The number of carbonyl (C=O) groups is 1. The number of Topliss-reactive ketones (excluding diaryl/α,β-unsaturated/α-hetero) is 1. The van der Waals surface area contributed by atoms with E-state index in [0.29, 0.717) is 11.3 Å². The zero-order valence-electron chi connectivity index (χ0n) is 11.4. The molecule has 2 aromatic rings. The topological polar surface area (TPSA) is 62.7 Å². The van der Waals surface area contributed by atoms with Gasteiger partial charge in [-0.05, 0) is 42.3 Å². The number of methoxy groups -OCH3 is 1. The first-order valence-corrected chi connectivity index (χ1v) is 6.22. The molecule has 0 saturated carbocycles. The van der Waals surface area contributed by atoms with Crippen LogP contribution in [0.4, 0.5) is 0 Å². The van der Waals surface area contributed by atoms with Crippen LogP contribution < -0.4 is 4.74 Å². The molecule has 2 rings (SSSR count). The van der Waals surface area contributed by atoms with Crippen LogP contribution >= 0.6 is 0 Å². The number of benzene rings is 2. The molecule has 0 atom stereocenters. The molecule has 0 radical (unpaired) electrons. The van der Waals surface area contributed by atoms with E-state index in [9.17, 15) is 4.79 Å². The molecule has 0 unspecified atom stereocenters. The first kappa shape index (κ1) is 14.3. The van der Waals surface area contributed by atoms with E-state index in [1.807, 2.05) is 18.2 Å². The quantitative estimate of drug-likeness (QED) is 0.374. The lowest BCUT2D eigenvalue weighted by molar-refractivity contribution is -0.112. The Labute approximate surface area is 122 Å². The van der Waals surface area contributed by atoms with E-state index < -0.39 is 5.78 Å². The zero-order chi connectivity index (χ0) is 15.1. The summed E-state index contributed by atoms with van der Waals surface area (Å²) in [6.45, 7) is 0. The Hall–Kier alpha value is -3.15. The van der Waals surface area contributed by atoms with Crippen LogP contribution in [0.1, 0.15) is 11.1 Å². The molecule has 4 nitrogen and oxygen atoms in total. The van der Waals surface area contributed by atoms with E-state index in [1.165, 1.54) is 0 Å². The minimum atomic E-state index is -0.550. The van der Waals surface area contributed by atoms with E-state index >= 15 is 0 Å². The number of hydrogen-bond acceptors (Lipinski definition) is 2. The molecule has 0 bridgehead atoms. The second-order valence-corrected chi connectivity index (χ2v) is 4.12. The van der Waals surface area contributed by atoms with Gasteiger partial charge in [0, 0.05) is 5.56 Å². The smallest absolute Gasteiger partial charge is 0.378 e. The van der Waals surface area contributed by atoms with Gasteiger partial charge in [-0.25, -0.2) is 0 Å². The fourth-order valence-electron chi connectivity index (χ4n) is 1.69. The summed E-state index contributed by atoms with van der Waals surface area (Å²) < 4.78 is 5.03. The molecule has 0 aromatic heterocycles. The molecule has 0 aliphatic carbocycles. The van der Waals surface area contributed by atoms with Gasteiger partial charge in [0.25, 0.3) is 0 Å². The summed E-state index contributed by atoms with van der Waals surface area (Å²) in [5.41, 5.74) is 10.1. The van der Waals surface area contributed by atoms with Crippen molar-refractivity contribution < 1.29 is 14.3 Å². The lowest BCUT2D eigenvalue weighted by Crippen LogP contribution is -2.14. The first-order valence-electron chi connectivity index (χ1n) is 6.22. The van der Waals surface area contributed by atoms with Crippen molar-refractivity contribution in [2.75, 3.05) is 7.11 Å². The van der Waals surface area contributed by atoms with Gasteiger partial charge in [-0.1, -0.05) is 24.1 Å². The molecular weight excluding hydrogens is 264 g/mol. The van der Waals surface area contributed by atoms with Crippen LogP contribution in [-0.4, -0.2) is 23.4 Å². The summed E-state index contributed by atoms with van der Waals surface area (Å²) in [5.74, 6) is 5.30. The van der Waals surface area contributed by atoms with Crippen molar-refractivity contribution >= 4 is 11.5 Å². The summed E-state index contributed by atoms with van der Waals surface area (Å²) in [6, 6.07) is 15.7. The molecule has 2 aromatic carbocycles. The molecule has 21 heavy (non-hydrogen) atoms. The van der Waals surface area contributed by atoms with Crippen LogP contribution in [0.15, 0.2) is 54.6 Å². The molecule has 0 aliphatic heterocycles. The molecular formula is C17H12N2O2. The highest BCUT2D eigenvalue weighted by Crippen LogP contribution is 2.11. The summed E-state index contributed by atoms with van der Waals surface area (Å²) in [4.78, 5) is 15.1. The SMILES string of the molecule is COc1ccc(C(=[N+]=[N-])C(=O)C#Cc2ccccc2)cc1. The van der Waals surface area contributed by atoms with Gasteiger partial charge in [0.15, 0.2) is 0 Å². The lowest BCUT2D eigenvalue weighted by Gasteiger charge is -1.98. The van der Waals surface area contributed by atoms with Crippen molar-refractivity contribution in [3.8, 4) is 17.6 Å². The van der Waals surface area contributed by atoms with Gasteiger partial charge >= 0.3 is 11.5 Å². The molecule has 0 heterocycles. The van der Waals surface area contributed by atoms with Crippen LogP contribution in [0.25, 0.3) is 5.53 Å². The summed E-state index contributed by atoms with van der Waals surface area (Å²) in [7, 11) is 1.55. The van der Waals surface area contributed by atoms with Gasteiger partial charge < -0.3 is 10.3 Å². The third-order valence-electron chi connectivity index (χ3n) is 2.77. The van der Waals surface area contributed by atoms with Crippen LogP contribution in [0.3, 0.4) is 0 Å². The van der Waals surface area contributed by atoms with Crippen LogP contribution in [-0.2, 0) is 4.79 Å². The molecule has 0 spiro atoms. The number of ether oxygens (including phenoxy) is 1. The van der Waals surface area contributed by atoms with Crippen molar-refractivity contribution in [3.05, 3.63) is 71.3 Å². The molecule has 0 amide bonds. The normalized spacial score (nSPS) is 9.00. The van der Waals surface area contributed by atoms with Crippen molar-refractivity contribution in [2.24, 2.45) is 0 Å². The fourth-order valence-corrected chi connectivity index (χ4v) is 1.69. The molecule has 0 fully saturated rings. The standard InChI is InChI=1S/C17H12N2O2/c1-21-15-10-8-14(9-11-15)17(19-18)16(20)12-7-13-5-3-2-4-6-13/h2-6,8-11H,1H3. The maximum Gasteiger partial charge on any atom is 0.378 e. The lowest BCUT2D eigenvalue weighted by atomic mass is 10.1. The monoisotopic (exact) mass is 276 g/mol. The molecule has 102 valence electrons. The average Bonchev–Trinajstić information content (AvgIpc) is 2.55. The summed E-state index contributed by atoms with van der Waals surface area (Å²) >= 11 is 0. The van der Waals surface area contributed by atoms with Crippen molar-refractivity contribution in [1.82, 2.24) is 0 Å².